The number of pyridine rings is 1. The number of fused-ring (bicyclic) bond motifs is 1. The molecule has 0 amide bonds. The Kier molecular flexibility index (Phi) is 7.98. The molecule has 2 saturated heterocycles. The number of rotatable bonds is 5. The third kappa shape index (κ3) is 5.65. The van der Waals surface area contributed by atoms with Crippen LogP contribution in [0.3, 0.4) is 0 Å². The van der Waals surface area contributed by atoms with Gasteiger partial charge in [-0.15, -0.1) is 0 Å². The molecule has 1 aromatic carbocycles. The molecule has 1 spiro atoms. The van der Waals surface area contributed by atoms with Crippen LogP contribution in [0.15, 0.2) is 30.5 Å². The first-order valence-electron chi connectivity index (χ1n) is 10.8. The Bertz CT molecular complexity index is 810. The molecule has 1 N–H and O–H groups in total. The van der Waals surface area contributed by atoms with E-state index in [1.54, 1.807) is 6.26 Å². The van der Waals surface area contributed by atoms with Gasteiger partial charge in [0.05, 0.1) is 12.1 Å². The fourth-order valence-corrected chi connectivity index (χ4v) is 3.80. The summed E-state index contributed by atoms with van der Waals surface area (Å²) in [5.41, 5.74) is 3.16. The summed E-state index contributed by atoms with van der Waals surface area (Å²) >= 11 is 3.53. The van der Waals surface area contributed by atoms with Gasteiger partial charge >= 0.3 is 0 Å². The molecule has 2 aromatic rings. The zero-order valence-corrected chi connectivity index (χ0v) is 19.5. The lowest BCUT2D eigenvalue weighted by atomic mass is 10.0. The Morgan fingerprint density at radius 3 is 2.57 bits per heavy atom. The molecule has 0 saturated carbocycles. The van der Waals surface area contributed by atoms with Gasteiger partial charge in [-0.2, -0.15) is 12.6 Å². The van der Waals surface area contributed by atoms with Crippen molar-refractivity contribution in [1.29, 1.82) is 0 Å². The van der Waals surface area contributed by atoms with Crippen LogP contribution in [0, 0.1) is 0 Å². The second-order valence-corrected chi connectivity index (χ2v) is 8.46. The summed E-state index contributed by atoms with van der Waals surface area (Å²) in [4.78, 5) is 18.1. The number of hydrogen-bond donors (Lipinski definition) is 2. The van der Waals surface area contributed by atoms with E-state index in [-0.39, 0.29) is 5.60 Å². The van der Waals surface area contributed by atoms with Crippen molar-refractivity contribution in [2.75, 3.05) is 44.4 Å². The highest BCUT2D eigenvalue weighted by Crippen LogP contribution is 2.34. The van der Waals surface area contributed by atoms with E-state index in [2.05, 4.69) is 59.0 Å². The third-order valence-corrected chi connectivity index (χ3v) is 5.68. The number of aromatic nitrogens is 1. The normalized spacial score (nSPS) is 20.6. The van der Waals surface area contributed by atoms with Gasteiger partial charge in [-0.3, -0.25) is 4.98 Å². The minimum atomic E-state index is -0.558. The lowest BCUT2D eigenvalue weighted by molar-refractivity contribution is -0.511. The summed E-state index contributed by atoms with van der Waals surface area (Å²) in [5.74, 6) is -0.558. The Balaban J connectivity index is 0.00000124. The number of ether oxygens (including phenoxy) is 1. The summed E-state index contributed by atoms with van der Waals surface area (Å²) in [6.07, 6.45) is 6.28. The first-order chi connectivity index (χ1) is 14.5. The summed E-state index contributed by atoms with van der Waals surface area (Å²) in [5, 5.41) is 4.77. The summed E-state index contributed by atoms with van der Waals surface area (Å²) in [6.45, 7) is 10.5. The standard InChI is InChI=1S/C22H31N3O3.CH4S/c1-4-17-5-6-18-19(7-10-23-20(18)15-17)24-11-14-25-12-8-22(9-13-25)26-16-21(2,3)27-28-22;1-2/h5-7,10,15H,4,8-9,11-14,16H2,1-3H3,(H,23,24);2H,1H3. The Labute approximate surface area is 185 Å². The van der Waals surface area contributed by atoms with Crippen molar-refractivity contribution in [3.8, 4) is 0 Å². The molecule has 3 heterocycles. The van der Waals surface area contributed by atoms with Crippen molar-refractivity contribution >= 4 is 29.2 Å². The first kappa shape index (κ1) is 23.3. The number of hydrogen-bond acceptors (Lipinski definition) is 7. The Hall–Kier alpha value is -1.38. The number of piperidine rings is 1. The van der Waals surface area contributed by atoms with Gasteiger partial charge in [0.15, 0.2) is 0 Å². The topological polar surface area (TPSA) is 55.9 Å². The summed E-state index contributed by atoms with van der Waals surface area (Å²) in [6, 6.07) is 8.60. The monoisotopic (exact) mass is 433 g/mol. The lowest BCUT2D eigenvalue weighted by Gasteiger charge is -2.45. The molecule has 0 radical (unpaired) electrons. The van der Waals surface area contributed by atoms with Crippen molar-refractivity contribution in [2.45, 2.75) is 51.4 Å². The number of likely N-dealkylation sites (tertiary alicyclic amines) is 1. The van der Waals surface area contributed by atoms with E-state index in [9.17, 15) is 0 Å². The Morgan fingerprint density at radius 2 is 1.90 bits per heavy atom. The van der Waals surface area contributed by atoms with Crippen LogP contribution >= 0.6 is 12.6 Å². The predicted molar refractivity (Wildman–Crippen MR) is 125 cm³/mol. The van der Waals surface area contributed by atoms with Crippen molar-refractivity contribution in [1.82, 2.24) is 9.88 Å². The fraction of sp³-hybridized carbons (Fsp3) is 0.609. The number of aryl methyl sites for hydroxylation is 1. The van der Waals surface area contributed by atoms with Gasteiger partial charge < -0.3 is 15.0 Å². The van der Waals surface area contributed by atoms with Crippen molar-refractivity contribution in [3.05, 3.63) is 36.0 Å². The zero-order valence-electron chi connectivity index (χ0n) is 18.6. The van der Waals surface area contributed by atoms with Crippen LogP contribution < -0.4 is 5.32 Å². The van der Waals surface area contributed by atoms with Crippen LogP contribution in [0.1, 0.15) is 39.2 Å². The third-order valence-electron chi connectivity index (χ3n) is 5.68. The molecule has 2 aliphatic heterocycles. The van der Waals surface area contributed by atoms with Gasteiger partial charge in [0.25, 0.3) is 0 Å². The largest absolute Gasteiger partial charge is 0.383 e. The maximum absolute atomic E-state index is 6.01. The highest BCUT2D eigenvalue weighted by molar-refractivity contribution is 7.79. The van der Waals surface area contributed by atoms with Gasteiger partial charge in [-0.1, -0.05) is 19.1 Å². The smallest absolute Gasteiger partial charge is 0.204 e. The van der Waals surface area contributed by atoms with Crippen LogP contribution in [-0.4, -0.2) is 60.3 Å². The molecule has 0 unspecified atom stereocenters. The van der Waals surface area contributed by atoms with E-state index in [0.717, 1.165) is 56.6 Å². The number of anilines is 1. The van der Waals surface area contributed by atoms with Crippen LogP contribution in [-0.2, 0) is 20.9 Å². The molecule has 0 aliphatic carbocycles. The van der Waals surface area contributed by atoms with E-state index in [1.807, 2.05) is 20.0 Å². The molecule has 2 fully saturated rings. The average molecular weight is 434 g/mol. The molecule has 7 heteroatoms. The van der Waals surface area contributed by atoms with Crippen LogP contribution in [0.5, 0.6) is 0 Å². The van der Waals surface area contributed by atoms with Crippen molar-refractivity contribution in [2.24, 2.45) is 0 Å². The molecular weight excluding hydrogens is 398 g/mol. The zero-order chi connectivity index (χ0) is 21.6. The number of nitrogens with zero attached hydrogens (tertiary/aromatic N) is 2. The van der Waals surface area contributed by atoms with E-state index in [1.165, 1.54) is 10.9 Å². The van der Waals surface area contributed by atoms with E-state index in [0.29, 0.717) is 6.61 Å². The second kappa shape index (κ2) is 10.3. The van der Waals surface area contributed by atoms with Crippen LogP contribution in [0.4, 0.5) is 5.69 Å². The molecule has 30 heavy (non-hydrogen) atoms. The van der Waals surface area contributed by atoms with Gasteiger partial charge in [0.2, 0.25) is 5.79 Å². The second-order valence-electron chi connectivity index (χ2n) is 8.46. The molecule has 2 aliphatic rings. The average Bonchev–Trinajstić information content (AvgIpc) is 2.78. The summed E-state index contributed by atoms with van der Waals surface area (Å²) < 4.78 is 6.01. The summed E-state index contributed by atoms with van der Waals surface area (Å²) in [7, 11) is 0. The minimum Gasteiger partial charge on any atom is -0.383 e. The molecule has 4 rings (SSSR count). The number of benzene rings is 1. The van der Waals surface area contributed by atoms with Crippen LogP contribution in [0.2, 0.25) is 0 Å². The number of nitrogens with one attached hydrogen (secondary N) is 1. The van der Waals surface area contributed by atoms with Crippen molar-refractivity contribution in [3.63, 3.8) is 0 Å². The van der Waals surface area contributed by atoms with Gasteiger partial charge in [0, 0.05) is 56.3 Å². The predicted octanol–water partition coefficient (Wildman–Crippen LogP) is 4.30. The highest BCUT2D eigenvalue weighted by Gasteiger charge is 2.44. The lowest BCUT2D eigenvalue weighted by Crippen LogP contribution is -2.55. The maximum Gasteiger partial charge on any atom is 0.204 e. The minimum absolute atomic E-state index is 0.364. The maximum atomic E-state index is 6.01. The molecule has 1 aromatic heterocycles. The quantitative estimate of drug-likeness (QED) is 0.542. The van der Waals surface area contributed by atoms with Gasteiger partial charge in [-0.25, -0.2) is 9.78 Å². The first-order valence-corrected chi connectivity index (χ1v) is 11.7. The van der Waals surface area contributed by atoms with Gasteiger partial charge in [-0.05, 0) is 44.2 Å². The molecule has 166 valence electrons. The fourth-order valence-electron chi connectivity index (χ4n) is 3.80. The highest BCUT2D eigenvalue weighted by atomic mass is 32.1. The van der Waals surface area contributed by atoms with Crippen molar-refractivity contribution < 1.29 is 14.5 Å². The van der Waals surface area contributed by atoms with E-state index >= 15 is 0 Å². The van der Waals surface area contributed by atoms with Gasteiger partial charge in [0.1, 0.15) is 5.60 Å². The Morgan fingerprint density at radius 1 is 1.13 bits per heavy atom. The van der Waals surface area contributed by atoms with E-state index in [4.69, 9.17) is 14.5 Å². The molecule has 0 bridgehead atoms. The molecular formula is C23H35N3O3S. The molecule has 6 nitrogen and oxygen atoms in total. The SMILES string of the molecule is CCc1ccc2c(NCCN3CCC4(CC3)OCC(C)(C)OO4)ccnc2c1.CS. The number of thiol groups is 1. The van der Waals surface area contributed by atoms with Crippen LogP contribution in [0.25, 0.3) is 10.9 Å². The molecule has 0 atom stereocenters. The van der Waals surface area contributed by atoms with E-state index < -0.39 is 5.79 Å².